The normalized spacial score (nSPS) is 11.3. The highest BCUT2D eigenvalue weighted by atomic mass is 35.5. The van der Waals surface area contributed by atoms with Crippen molar-refractivity contribution in [3.05, 3.63) is 95.1 Å². The third-order valence-corrected chi connectivity index (χ3v) is 6.32. The number of fused-ring (bicyclic) bond motifs is 1. The van der Waals surface area contributed by atoms with Crippen LogP contribution >= 0.6 is 11.6 Å². The average molecular weight is 452 g/mol. The van der Waals surface area contributed by atoms with E-state index >= 15 is 0 Å². The minimum absolute atomic E-state index is 0.0580. The van der Waals surface area contributed by atoms with Crippen molar-refractivity contribution in [1.82, 2.24) is 4.98 Å². The van der Waals surface area contributed by atoms with Crippen LogP contribution in [0, 0.1) is 6.92 Å². The molecule has 4 aromatic rings. The van der Waals surface area contributed by atoms with E-state index in [1.54, 1.807) is 18.2 Å². The summed E-state index contributed by atoms with van der Waals surface area (Å²) in [6.45, 7) is 1.91. The highest BCUT2D eigenvalue weighted by molar-refractivity contribution is 7.92. The Morgan fingerprint density at radius 3 is 2.55 bits per heavy atom. The van der Waals surface area contributed by atoms with Crippen molar-refractivity contribution in [3.63, 3.8) is 0 Å². The number of para-hydroxylation sites is 1. The second kappa shape index (κ2) is 8.37. The maximum Gasteiger partial charge on any atom is 0.261 e. The molecule has 4 rings (SSSR count). The molecular formula is C23H18ClN3O3S. The van der Waals surface area contributed by atoms with Crippen molar-refractivity contribution >= 4 is 49.8 Å². The molecule has 0 spiro atoms. The zero-order chi connectivity index (χ0) is 22.0. The number of halogens is 1. The molecule has 0 saturated heterocycles. The predicted octanol–water partition coefficient (Wildman–Crippen LogP) is 5.25. The molecule has 31 heavy (non-hydrogen) atoms. The topological polar surface area (TPSA) is 88.2 Å². The summed E-state index contributed by atoms with van der Waals surface area (Å²) < 4.78 is 28.3. The Balaban J connectivity index is 1.61. The first kappa shape index (κ1) is 20.8. The number of amides is 1. The highest BCUT2D eigenvalue weighted by Gasteiger charge is 2.19. The molecule has 0 fully saturated rings. The van der Waals surface area contributed by atoms with E-state index in [0.717, 1.165) is 16.5 Å². The molecule has 0 radical (unpaired) electrons. The maximum absolute atomic E-state index is 12.9. The van der Waals surface area contributed by atoms with Gasteiger partial charge in [-0.05, 0) is 55.0 Å². The fourth-order valence-electron chi connectivity index (χ4n) is 3.11. The summed E-state index contributed by atoms with van der Waals surface area (Å²) in [4.78, 5) is 16.9. The van der Waals surface area contributed by atoms with Crippen molar-refractivity contribution in [2.75, 3.05) is 10.0 Å². The number of carbonyl (C=O) groups excluding carboxylic acids is 1. The lowest BCUT2D eigenvalue weighted by molar-refractivity contribution is 0.102. The Labute approximate surface area is 185 Å². The molecule has 0 bridgehead atoms. The van der Waals surface area contributed by atoms with Gasteiger partial charge in [-0.25, -0.2) is 8.42 Å². The van der Waals surface area contributed by atoms with Crippen LogP contribution in [0.4, 0.5) is 11.4 Å². The molecule has 0 aliphatic carbocycles. The van der Waals surface area contributed by atoms with Crippen molar-refractivity contribution in [1.29, 1.82) is 0 Å². The standard InChI is InChI=1S/C23H18ClN3O3S/c1-15-5-4-7-17(11-15)26-23(28)20-13-19(9-10-21(20)24)31(29,30)27-18-12-16-6-2-3-8-22(16)25-14-18/h2-14,27H,1H3,(H,26,28). The number of aromatic nitrogens is 1. The van der Waals surface area contributed by atoms with Crippen LogP contribution in [0.1, 0.15) is 15.9 Å². The van der Waals surface area contributed by atoms with Gasteiger partial charge in [0.05, 0.1) is 32.9 Å². The second-order valence-corrected chi connectivity index (χ2v) is 9.08. The molecule has 156 valence electrons. The fourth-order valence-corrected chi connectivity index (χ4v) is 4.37. The largest absolute Gasteiger partial charge is 0.322 e. The average Bonchev–Trinajstić information content (AvgIpc) is 2.73. The van der Waals surface area contributed by atoms with Gasteiger partial charge in [0.1, 0.15) is 0 Å². The molecular weight excluding hydrogens is 434 g/mol. The Hall–Kier alpha value is -3.42. The van der Waals surface area contributed by atoms with Gasteiger partial charge in [0.25, 0.3) is 15.9 Å². The lowest BCUT2D eigenvalue weighted by atomic mass is 10.2. The SMILES string of the molecule is Cc1cccc(NC(=O)c2cc(S(=O)(=O)Nc3cnc4ccccc4c3)ccc2Cl)c1. The number of anilines is 2. The van der Waals surface area contributed by atoms with Crippen molar-refractivity contribution in [2.45, 2.75) is 11.8 Å². The van der Waals surface area contributed by atoms with Crippen molar-refractivity contribution in [3.8, 4) is 0 Å². The minimum atomic E-state index is -3.96. The molecule has 0 aliphatic rings. The molecule has 1 aromatic heterocycles. The zero-order valence-electron chi connectivity index (χ0n) is 16.5. The van der Waals surface area contributed by atoms with Crippen LogP contribution < -0.4 is 10.0 Å². The summed E-state index contributed by atoms with van der Waals surface area (Å²) in [6.07, 6.45) is 1.45. The maximum atomic E-state index is 12.9. The van der Waals surface area contributed by atoms with E-state index in [0.29, 0.717) is 11.4 Å². The molecule has 3 aromatic carbocycles. The molecule has 6 nitrogen and oxygen atoms in total. The number of rotatable bonds is 5. The van der Waals surface area contributed by atoms with Crippen molar-refractivity contribution in [2.24, 2.45) is 0 Å². The molecule has 0 unspecified atom stereocenters. The van der Waals surface area contributed by atoms with E-state index in [9.17, 15) is 13.2 Å². The molecule has 2 N–H and O–H groups in total. The van der Waals surface area contributed by atoms with Crippen LogP contribution in [0.3, 0.4) is 0 Å². The minimum Gasteiger partial charge on any atom is -0.322 e. The summed E-state index contributed by atoms with van der Waals surface area (Å²) in [6, 6.07) is 20.3. The number of carbonyl (C=O) groups is 1. The van der Waals surface area contributed by atoms with Crippen LogP contribution in [0.15, 0.2) is 83.9 Å². The van der Waals surface area contributed by atoms with Gasteiger partial charge in [0, 0.05) is 11.1 Å². The van der Waals surface area contributed by atoms with Crippen LogP contribution in [0.5, 0.6) is 0 Å². The van der Waals surface area contributed by atoms with Crippen LogP contribution in [0.2, 0.25) is 5.02 Å². The van der Waals surface area contributed by atoms with Crippen molar-refractivity contribution < 1.29 is 13.2 Å². The van der Waals surface area contributed by atoms with E-state index < -0.39 is 15.9 Å². The van der Waals surface area contributed by atoms with E-state index in [1.165, 1.54) is 24.4 Å². The first-order chi connectivity index (χ1) is 14.8. The number of hydrogen-bond donors (Lipinski definition) is 2. The number of nitrogens with one attached hydrogen (secondary N) is 2. The summed E-state index contributed by atoms with van der Waals surface area (Å²) in [5, 5.41) is 3.69. The monoisotopic (exact) mass is 451 g/mol. The Kier molecular flexibility index (Phi) is 5.63. The molecule has 0 atom stereocenters. The number of aryl methyl sites for hydroxylation is 1. The number of benzene rings is 3. The third-order valence-electron chi connectivity index (χ3n) is 4.61. The van der Waals surface area contributed by atoms with Gasteiger partial charge in [-0.1, -0.05) is 41.9 Å². The highest BCUT2D eigenvalue weighted by Crippen LogP contribution is 2.25. The first-order valence-corrected chi connectivity index (χ1v) is 11.2. The van der Waals surface area contributed by atoms with Gasteiger partial charge < -0.3 is 5.32 Å². The van der Waals surface area contributed by atoms with E-state index in [4.69, 9.17) is 11.6 Å². The van der Waals surface area contributed by atoms with Gasteiger partial charge in [0.15, 0.2) is 0 Å². The summed E-state index contributed by atoms with van der Waals surface area (Å²) in [5.41, 5.74) is 2.71. The van der Waals surface area contributed by atoms with Gasteiger partial charge >= 0.3 is 0 Å². The van der Waals surface area contributed by atoms with Gasteiger partial charge in [-0.2, -0.15) is 0 Å². The van der Waals surface area contributed by atoms with Crippen LogP contribution in [-0.2, 0) is 10.0 Å². The lowest BCUT2D eigenvalue weighted by Gasteiger charge is -2.12. The summed E-state index contributed by atoms with van der Waals surface area (Å²) in [7, 11) is -3.96. The quantitative estimate of drug-likeness (QED) is 0.433. The number of nitrogens with zero attached hydrogens (tertiary/aromatic N) is 1. The molecule has 1 amide bonds. The number of hydrogen-bond acceptors (Lipinski definition) is 4. The van der Waals surface area contributed by atoms with Gasteiger partial charge in [-0.3, -0.25) is 14.5 Å². The smallest absolute Gasteiger partial charge is 0.261 e. The van der Waals surface area contributed by atoms with Crippen LogP contribution in [0.25, 0.3) is 10.9 Å². The molecule has 0 aliphatic heterocycles. The van der Waals surface area contributed by atoms with Gasteiger partial charge in [0.2, 0.25) is 0 Å². The third kappa shape index (κ3) is 4.68. The molecule has 0 saturated carbocycles. The Morgan fingerprint density at radius 1 is 0.935 bits per heavy atom. The fraction of sp³-hybridized carbons (Fsp3) is 0.0435. The summed E-state index contributed by atoms with van der Waals surface area (Å²) >= 11 is 6.18. The predicted molar refractivity (Wildman–Crippen MR) is 123 cm³/mol. The van der Waals surface area contributed by atoms with Crippen LogP contribution in [-0.4, -0.2) is 19.3 Å². The molecule has 8 heteroatoms. The summed E-state index contributed by atoms with van der Waals surface area (Å²) in [5.74, 6) is -0.500. The van der Waals surface area contributed by atoms with E-state index in [2.05, 4.69) is 15.0 Å². The zero-order valence-corrected chi connectivity index (χ0v) is 18.0. The number of pyridine rings is 1. The first-order valence-electron chi connectivity index (χ1n) is 9.37. The lowest BCUT2D eigenvalue weighted by Crippen LogP contribution is -2.16. The second-order valence-electron chi connectivity index (χ2n) is 6.99. The Morgan fingerprint density at radius 2 is 1.74 bits per heavy atom. The molecule has 1 heterocycles. The number of sulfonamides is 1. The van der Waals surface area contributed by atoms with E-state index in [-0.39, 0.29) is 15.5 Å². The van der Waals surface area contributed by atoms with Gasteiger partial charge in [-0.15, -0.1) is 0 Å². The van der Waals surface area contributed by atoms with E-state index in [1.807, 2.05) is 43.3 Å². The Bertz CT molecular complexity index is 1400.